The summed E-state index contributed by atoms with van der Waals surface area (Å²) in [6.45, 7) is 4.17. The fraction of sp³-hybridized carbons (Fsp3) is 0.538. The second-order valence-corrected chi connectivity index (χ2v) is 8.48. The molecule has 2 aromatic rings. The van der Waals surface area contributed by atoms with E-state index in [0.717, 1.165) is 24.3 Å². The predicted molar refractivity (Wildman–Crippen MR) is 116 cm³/mol. The summed E-state index contributed by atoms with van der Waals surface area (Å²) < 4.78 is 48.6. The Bertz CT molecular complexity index is 825. The van der Waals surface area contributed by atoms with Crippen molar-refractivity contribution in [2.45, 2.75) is 77.6 Å². The van der Waals surface area contributed by atoms with Crippen molar-refractivity contribution in [3.8, 4) is 16.9 Å². The second-order valence-electron chi connectivity index (χ2n) is 8.48. The lowest BCUT2D eigenvalue weighted by Crippen LogP contribution is -2.13. The summed E-state index contributed by atoms with van der Waals surface area (Å²) in [4.78, 5) is 0. The molecule has 0 radical (unpaired) electrons. The van der Waals surface area contributed by atoms with E-state index in [9.17, 15) is 13.2 Å². The van der Waals surface area contributed by atoms with E-state index in [1.54, 1.807) is 13.0 Å². The summed E-state index contributed by atoms with van der Waals surface area (Å²) >= 11 is 0. The van der Waals surface area contributed by atoms with Gasteiger partial charge in [0, 0.05) is 11.1 Å². The highest BCUT2D eigenvalue weighted by Crippen LogP contribution is 2.39. The molecule has 0 bridgehead atoms. The molecule has 2 aromatic carbocycles. The summed E-state index contributed by atoms with van der Waals surface area (Å²) in [6.07, 6.45) is 11.1. The van der Waals surface area contributed by atoms with Gasteiger partial charge in [0.15, 0.2) is 11.6 Å². The molecule has 0 saturated heterocycles. The van der Waals surface area contributed by atoms with Crippen molar-refractivity contribution in [1.82, 2.24) is 0 Å². The van der Waals surface area contributed by atoms with Crippen LogP contribution in [0.3, 0.4) is 0 Å². The highest BCUT2D eigenvalue weighted by molar-refractivity contribution is 5.66. The molecule has 3 rings (SSSR count). The van der Waals surface area contributed by atoms with Gasteiger partial charge in [-0.25, -0.2) is 8.78 Å². The van der Waals surface area contributed by atoms with Crippen LogP contribution in [0.1, 0.15) is 83.1 Å². The number of hydrogen-bond acceptors (Lipinski definition) is 1. The van der Waals surface area contributed by atoms with Gasteiger partial charge >= 0.3 is 0 Å². The van der Waals surface area contributed by atoms with Crippen molar-refractivity contribution in [3.05, 3.63) is 53.3 Å². The third-order valence-corrected chi connectivity index (χ3v) is 6.41. The van der Waals surface area contributed by atoms with Crippen LogP contribution in [-0.4, -0.2) is 6.61 Å². The minimum absolute atomic E-state index is 0.0733. The van der Waals surface area contributed by atoms with Crippen LogP contribution in [0.25, 0.3) is 11.1 Å². The Labute approximate surface area is 178 Å². The molecule has 0 heterocycles. The number of rotatable bonds is 9. The first-order chi connectivity index (χ1) is 14.5. The molecule has 1 aliphatic rings. The molecule has 0 unspecified atom stereocenters. The first-order valence-corrected chi connectivity index (χ1v) is 11.5. The molecule has 4 heteroatoms. The van der Waals surface area contributed by atoms with Gasteiger partial charge in [-0.05, 0) is 68.2 Å². The number of hydrogen-bond donors (Lipinski definition) is 0. The largest absolute Gasteiger partial charge is 0.491 e. The van der Waals surface area contributed by atoms with Gasteiger partial charge in [0.1, 0.15) is 5.82 Å². The van der Waals surface area contributed by atoms with Gasteiger partial charge < -0.3 is 4.74 Å². The van der Waals surface area contributed by atoms with E-state index in [2.05, 4.69) is 6.92 Å². The van der Waals surface area contributed by atoms with E-state index in [4.69, 9.17) is 4.74 Å². The molecular formula is C26H33F3O. The van der Waals surface area contributed by atoms with Gasteiger partial charge in [-0.2, -0.15) is 4.39 Å². The molecule has 0 spiro atoms. The Kier molecular flexibility index (Phi) is 8.24. The van der Waals surface area contributed by atoms with Crippen molar-refractivity contribution in [1.29, 1.82) is 0 Å². The fourth-order valence-electron chi connectivity index (χ4n) is 4.65. The molecule has 1 aliphatic carbocycles. The smallest absolute Gasteiger partial charge is 0.201 e. The van der Waals surface area contributed by atoms with Crippen LogP contribution in [0.2, 0.25) is 0 Å². The van der Waals surface area contributed by atoms with Crippen molar-refractivity contribution in [2.75, 3.05) is 6.61 Å². The lowest BCUT2D eigenvalue weighted by molar-refractivity contribution is 0.302. The van der Waals surface area contributed by atoms with E-state index in [1.165, 1.54) is 63.1 Å². The van der Waals surface area contributed by atoms with Crippen LogP contribution in [0.5, 0.6) is 5.75 Å². The van der Waals surface area contributed by atoms with Crippen LogP contribution < -0.4 is 4.74 Å². The minimum atomic E-state index is -1.07. The van der Waals surface area contributed by atoms with Crippen LogP contribution in [0.4, 0.5) is 13.2 Å². The van der Waals surface area contributed by atoms with Gasteiger partial charge in [0.25, 0.3) is 0 Å². The third-order valence-electron chi connectivity index (χ3n) is 6.41. The maximum absolute atomic E-state index is 14.8. The van der Waals surface area contributed by atoms with Crippen LogP contribution >= 0.6 is 0 Å². The van der Waals surface area contributed by atoms with Crippen LogP contribution in [0.15, 0.2) is 30.3 Å². The summed E-state index contributed by atoms with van der Waals surface area (Å²) in [5.74, 6) is -1.66. The summed E-state index contributed by atoms with van der Waals surface area (Å²) in [7, 11) is 0. The lowest BCUT2D eigenvalue weighted by Gasteiger charge is -2.29. The van der Waals surface area contributed by atoms with E-state index < -0.39 is 17.5 Å². The Morgan fingerprint density at radius 3 is 2.23 bits per heavy atom. The Morgan fingerprint density at radius 1 is 0.833 bits per heavy atom. The quantitative estimate of drug-likeness (QED) is 0.371. The van der Waals surface area contributed by atoms with E-state index >= 15 is 0 Å². The number of unbranched alkanes of at least 4 members (excludes halogenated alkanes) is 3. The Balaban J connectivity index is 1.66. The van der Waals surface area contributed by atoms with Gasteiger partial charge in [0.05, 0.1) is 6.61 Å². The first-order valence-electron chi connectivity index (χ1n) is 11.5. The van der Waals surface area contributed by atoms with E-state index in [-0.39, 0.29) is 23.5 Å². The zero-order valence-corrected chi connectivity index (χ0v) is 18.2. The maximum Gasteiger partial charge on any atom is 0.201 e. The van der Waals surface area contributed by atoms with Gasteiger partial charge in [-0.15, -0.1) is 0 Å². The van der Waals surface area contributed by atoms with Crippen molar-refractivity contribution in [3.63, 3.8) is 0 Å². The number of ether oxygens (including phenoxy) is 1. The normalized spacial score (nSPS) is 19.1. The van der Waals surface area contributed by atoms with E-state index in [0.29, 0.717) is 5.92 Å². The van der Waals surface area contributed by atoms with Crippen LogP contribution in [-0.2, 0) is 0 Å². The molecule has 0 amide bonds. The zero-order valence-electron chi connectivity index (χ0n) is 18.2. The monoisotopic (exact) mass is 418 g/mol. The van der Waals surface area contributed by atoms with Crippen LogP contribution in [0, 0.1) is 23.4 Å². The summed E-state index contributed by atoms with van der Waals surface area (Å²) in [5.41, 5.74) is 0.978. The van der Waals surface area contributed by atoms with Gasteiger partial charge in [0.2, 0.25) is 5.82 Å². The average molecular weight is 419 g/mol. The highest BCUT2D eigenvalue weighted by Gasteiger charge is 2.24. The molecular weight excluding hydrogens is 385 g/mol. The number of halogens is 3. The SMILES string of the molecule is CCCCCCC1CCC(c2ccc(-c3ccc(OCC)c(F)c3F)c(F)c2)CC1. The lowest BCUT2D eigenvalue weighted by atomic mass is 9.77. The van der Waals surface area contributed by atoms with Gasteiger partial charge in [-0.3, -0.25) is 0 Å². The maximum atomic E-state index is 14.8. The topological polar surface area (TPSA) is 9.23 Å². The Morgan fingerprint density at radius 2 is 1.57 bits per heavy atom. The highest BCUT2D eigenvalue weighted by atomic mass is 19.2. The fourth-order valence-corrected chi connectivity index (χ4v) is 4.65. The third kappa shape index (κ3) is 5.39. The second kappa shape index (κ2) is 10.9. The first kappa shape index (κ1) is 22.7. The Hall–Kier alpha value is -1.97. The average Bonchev–Trinajstić information content (AvgIpc) is 2.76. The van der Waals surface area contributed by atoms with Crippen molar-refractivity contribution >= 4 is 0 Å². The summed E-state index contributed by atoms with van der Waals surface area (Å²) in [5, 5.41) is 0. The molecule has 30 heavy (non-hydrogen) atoms. The molecule has 0 atom stereocenters. The minimum Gasteiger partial charge on any atom is -0.491 e. The van der Waals surface area contributed by atoms with Crippen molar-refractivity contribution in [2.24, 2.45) is 5.92 Å². The zero-order chi connectivity index (χ0) is 21.5. The number of benzene rings is 2. The molecule has 164 valence electrons. The molecule has 1 saturated carbocycles. The molecule has 0 N–H and O–H groups in total. The van der Waals surface area contributed by atoms with Crippen molar-refractivity contribution < 1.29 is 17.9 Å². The van der Waals surface area contributed by atoms with Gasteiger partial charge in [-0.1, -0.05) is 51.2 Å². The molecule has 1 nitrogen and oxygen atoms in total. The molecule has 0 aliphatic heterocycles. The van der Waals surface area contributed by atoms with E-state index in [1.807, 2.05) is 6.07 Å². The molecule has 1 fully saturated rings. The molecule has 0 aromatic heterocycles. The predicted octanol–water partition coefficient (Wildman–Crippen LogP) is 8.41. The summed E-state index contributed by atoms with van der Waals surface area (Å²) in [6, 6.07) is 7.70. The standard InChI is InChI=1S/C26H33F3O/c1-3-5-6-7-8-18-9-11-19(12-10-18)20-13-14-21(23(27)17-20)22-15-16-24(30-4-2)26(29)25(22)28/h13-19H,3-12H2,1-2H3.